The number of hydrogen-bond donors (Lipinski definition) is 2. The second-order valence-electron chi connectivity index (χ2n) is 4.24. The van der Waals surface area contributed by atoms with Gasteiger partial charge in [0.25, 0.3) is 0 Å². The Kier molecular flexibility index (Phi) is 3.15. The third kappa shape index (κ3) is 2.80. The molecule has 0 heterocycles. The Hall–Kier alpha value is -1.35. The summed E-state index contributed by atoms with van der Waals surface area (Å²) in [4.78, 5) is 10.7. The Morgan fingerprint density at radius 3 is 2.07 bits per heavy atom. The van der Waals surface area contributed by atoms with E-state index in [2.05, 4.69) is 0 Å². The maximum atomic E-state index is 10.7. The van der Waals surface area contributed by atoms with Crippen LogP contribution in [0.4, 0.5) is 0 Å². The molecule has 3 heteroatoms. The van der Waals surface area contributed by atoms with Crippen LogP contribution in [0.3, 0.4) is 0 Å². The van der Waals surface area contributed by atoms with Crippen LogP contribution in [-0.4, -0.2) is 16.2 Å². The van der Waals surface area contributed by atoms with Crippen LogP contribution in [0.25, 0.3) is 0 Å². The smallest absolute Gasteiger partial charge is 0.310 e. The number of carboxylic acids is 1. The zero-order chi connectivity index (χ0) is 11.6. The lowest BCUT2D eigenvalue weighted by atomic mass is 9.94. The van der Waals surface area contributed by atoms with E-state index in [9.17, 15) is 9.90 Å². The fourth-order valence-electron chi connectivity index (χ4n) is 1.32. The van der Waals surface area contributed by atoms with Crippen LogP contribution in [0.1, 0.15) is 37.8 Å². The Morgan fingerprint density at radius 2 is 1.73 bits per heavy atom. The summed E-state index contributed by atoms with van der Waals surface area (Å²) in [5, 5.41) is 18.5. The van der Waals surface area contributed by atoms with E-state index in [1.807, 2.05) is 0 Å². The first-order chi connectivity index (χ1) is 6.82. The molecule has 3 nitrogen and oxygen atoms in total. The molecule has 0 aliphatic rings. The monoisotopic (exact) mass is 208 g/mol. The molecule has 0 saturated carbocycles. The molecule has 0 aliphatic carbocycles. The van der Waals surface area contributed by atoms with E-state index < -0.39 is 17.5 Å². The molecule has 0 aromatic heterocycles. The Labute approximate surface area is 89.4 Å². The van der Waals surface area contributed by atoms with Crippen molar-refractivity contribution in [1.29, 1.82) is 0 Å². The van der Waals surface area contributed by atoms with E-state index in [1.165, 1.54) is 0 Å². The van der Waals surface area contributed by atoms with Gasteiger partial charge in [-0.25, -0.2) is 0 Å². The number of carboxylic acid groups (broad SMARTS) is 1. The lowest BCUT2D eigenvalue weighted by Crippen LogP contribution is -2.15. The molecule has 0 amide bonds. The number of aliphatic hydroxyl groups is 1. The minimum Gasteiger partial charge on any atom is -0.481 e. The summed E-state index contributed by atoms with van der Waals surface area (Å²) in [6, 6.07) is 7.00. The van der Waals surface area contributed by atoms with Gasteiger partial charge in [-0.3, -0.25) is 4.79 Å². The van der Waals surface area contributed by atoms with Crippen LogP contribution < -0.4 is 0 Å². The SMILES string of the molecule is C[C@@H](C(=O)O)c1ccc(C(C)(C)O)cc1. The Bertz CT molecular complexity index is 346. The molecule has 15 heavy (non-hydrogen) atoms. The van der Waals surface area contributed by atoms with Crippen LogP contribution in [-0.2, 0) is 10.4 Å². The number of rotatable bonds is 3. The minimum atomic E-state index is -0.884. The fourth-order valence-corrected chi connectivity index (χ4v) is 1.32. The topological polar surface area (TPSA) is 57.5 Å². The number of carbonyl (C=O) groups is 1. The summed E-state index contributed by atoms with van der Waals surface area (Å²) in [5.74, 6) is -1.35. The predicted octanol–water partition coefficient (Wildman–Crippen LogP) is 2.10. The predicted molar refractivity (Wildman–Crippen MR) is 57.7 cm³/mol. The van der Waals surface area contributed by atoms with Crippen molar-refractivity contribution in [3.05, 3.63) is 35.4 Å². The van der Waals surface area contributed by atoms with Crippen LogP contribution in [0.15, 0.2) is 24.3 Å². The second-order valence-corrected chi connectivity index (χ2v) is 4.24. The van der Waals surface area contributed by atoms with Gasteiger partial charge in [-0.15, -0.1) is 0 Å². The van der Waals surface area contributed by atoms with Gasteiger partial charge in [-0.2, -0.15) is 0 Å². The summed E-state index contributed by atoms with van der Waals surface area (Å²) in [7, 11) is 0. The lowest BCUT2D eigenvalue weighted by Gasteiger charge is -2.18. The second kappa shape index (κ2) is 4.03. The van der Waals surface area contributed by atoms with E-state index in [0.717, 1.165) is 11.1 Å². The van der Waals surface area contributed by atoms with E-state index in [0.29, 0.717) is 0 Å². The summed E-state index contributed by atoms with van der Waals surface area (Å²) in [6.07, 6.45) is 0. The molecular weight excluding hydrogens is 192 g/mol. The lowest BCUT2D eigenvalue weighted by molar-refractivity contribution is -0.138. The number of benzene rings is 1. The van der Waals surface area contributed by atoms with Crippen molar-refractivity contribution < 1.29 is 15.0 Å². The molecule has 0 aliphatic heterocycles. The standard InChI is InChI=1S/C12H16O3/c1-8(11(13)14)9-4-6-10(7-5-9)12(2,3)15/h4-8,15H,1-3H3,(H,13,14)/t8-/m1/s1. The van der Waals surface area contributed by atoms with Gasteiger partial charge >= 0.3 is 5.97 Å². The average Bonchev–Trinajstić information content (AvgIpc) is 2.15. The highest BCUT2D eigenvalue weighted by Crippen LogP contribution is 2.22. The van der Waals surface area contributed by atoms with Crippen molar-refractivity contribution in [2.45, 2.75) is 32.3 Å². The summed E-state index contributed by atoms with van der Waals surface area (Å²) < 4.78 is 0. The van der Waals surface area contributed by atoms with Gasteiger partial charge in [0.2, 0.25) is 0 Å². The molecule has 0 spiro atoms. The molecular formula is C12H16O3. The molecule has 1 atom stereocenters. The first-order valence-corrected chi connectivity index (χ1v) is 4.88. The molecule has 82 valence electrons. The van der Waals surface area contributed by atoms with Crippen molar-refractivity contribution in [1.82, 2.24) is 0 Å². The highest BCUT2D eigenvalue weighted by molar-refractivity contribution is 5.75. The van der Waals surface area contributed by atoms with Crippen LogP contribution >= 0.6 is 0 Å². The van der Waals surface area contributed by atoms with Crippen molar-refractivity contribution in [2.24, 2.45) is 0 Å². The maximum absolute atomic E-state index is 10.7. The van der Waals surface area contributed by atoms with Gasteiger partial charge in [0.1, 0.15) is 0 Å². The highest BCUT2D eigenvalue weighted by Gasteiger charge is 2.17. The highest BCUT2D eigenvalue weighted by atomic mass is 16.4. The molecule has 0 saturated heterocycles. The molecule has 1 aromatic carbocycles. The Balaban J connectivity index is 2.95. The molecule has 1 rings (SSSR count). The molecule has 1 aromatic rings. The summed E-state index contributed by atoms with van der Waals surface area (Å²) in [5.41, 5.74) is 0.643. The maximum Gasteiger partial charge on any atom is 0.310 e. The zero-order valence-electron chi connectivity index (χ0n) is 9.19. The van der Waals surface area contributed by atoms with Crippen LogP contribution in [0.2, 0.25) is 0 Å². The van der Waals surface area contributed by atoms with Crippen molar-refractivity contribution in [3.63, 3.8) is 0 Å². The largest absolute Gasteiger partial charge is 0.481 e. The third-order valence-electron chi connectivity index (χ3n) is 2.49. The minimum absolute atomic E-state index is 0.513. The molecule has 0 unspecified atom stereocenters. The van der Waals surface area contributed by atoms with Gasteiger partial charge in [0, 0.05) is 0 Å². The van der Waals surface area contributed by atoms with E-state index in [4.69, 9.17) is 5.11 Å². The molecule has 2 N–H and O–H groups in total. The molecule has 0 bridgehead atoms. The van der Waals surface area contributed by atoms with E-state index in [-0.39, 0.29) is 0 Å². The zero-order valence-corrected chi connectivity index (χ0v) is 9.19. The van der Waals surface area contributed by atoms with E-state index in [1.54, 1.807) is 45.0 Å². The van der Waals surface area contributed by atoms with E-state index >= 15 is 0 Å². The van der Waals surface area contributed by atoms with Crippen LogP contribution in [0.5, 0.6) is 0 Å². The normalized spacial score (nSPS) is 13.6. The van der Waals surface area contributed by atoms with Crippen molar-refractivity contribution in [3.8, 4) is 0 Å². The fraction of sp³-hybridized carbons (Fsp3) is 0.417. The molecule has 0 fully saturated rings. The van der Waals surface area contributed by atoms with Gasteiger partial charge in [-0.1, -0.05) is 24.3 Å². The number of aliphatic carboxylic acids is 1. The molecule has 0 radical (unpaired) electrons. The number of hydrogen-bond acceptors (Lipinski definition) is 2. The van der Waals surface area contributed by atoms with Crippen molar-refractivity contribution in [2.75, 3.05) is 0 Å². The van der Waals surface area contributed by atoms with Gasteiger partial charge < -0.3 is 10.2 Å². The van der Waals surface area contributed by atoms with Gasteiger partial charge in [-0.05, 0) is 31.9 Å². The first kappa shape index (κ1) is 11.7. The Morgan fingerprint density at radius 1 is 1.27 bits per heavy atom. The summed E-state index contributed by atoms with van der Waals surface area (Å²) >= 11 is 0. The average molecular weight is 208 g/mol. The summed E-state index contributed by atoms with van der Waals surface area (Å²) in [6.45, 7) is 5.03. The van der Waals surface area contributed by atoms with Gasteiger partial charge in [0.15, 0.2) is 0 Å². The quantitative estimate of drug-likeness (QED) is 0.799. The first-order valence-electron chi connectivity index (χ1n) is 4.88. The van der Waals surface area contributed by atoms with Crippen molar-refractivity contribution >= 4 is 5.97 Å². The van der Waals surface area contributed by atoms with Crippen LogP contribution in [0, 0.1) is 0 Å². The third-order valence-corrected chi connectivity index (χ3v) is 2.49. The van der Waals surface area contributed by atoms with Gasteiger partial charge in [0.05, 0.1) is 11.5 Å².